The third-order valence-electron chi connectivity index (χ3n) is 7.79. The van der Waals surface area contributed by atoms with Gasteiger partial charge in [-0.15, -0.1) is 0 Å². The van der Waals surface area contributed by atoms with Crippen LogP contribution >= 0.6 is 0 Å². The molecule has 224 valence electrons. The number of ether oxygens (including phenoxy) is 5. The highest BCUT2D eigenvalue weighted by atomic mass is 16.9. The van der Waals surface area contributed by atoms with Gasteiger partial charge in [-0.25, -0.2) is 4.79 Å². The van der Waals surface area contributed by atoms with Gasteiger partial charge in [0.05, 0.1) is 45.5 Å². The van der Waals surface area contributed by atoms with Crippen molar-refractivity contribution in [2.24, 2.45) is 0 Å². The Balaban J connectivity index is 1.17. The SMILES string of the molecule is CC(C)(O)[C@H](O)COc1c2c(cc3occc13)O[C@@]1(C=C2)O[C@H](COc2c3ccoc3cc3oc(=O)ccc23)C(C)(C)O1. The van der Waals surface area contributed by atoms with Crippen LogP contribution < -0.4 is 19.8 Å². The minimum Gasteiger partial charge on any atom is -0.489 e. The molecule has 2 aromatic carbocycles. The molecule has 7 rings (SSSR count). The van der Waals surface area contributed by atoms with Gasteiger partial charge >= 0.3 is 11.6 Å². The molecule has 1 spiro atoms. The molecule has 5 heterocycles. The van der Waals surface area contributed by atoms with Crippen LogP contribution in [0.1, 0.15) is 33.3 Å². The maximum Gasteiger partial charge on any atom is 0.350 e. The van der Waals surface area contributed by atoms with Gasteiger partial charge in [-0.3, -0.25) is 0 Å². The van der Waals surface area contributed by atoms with Crippen LogP contribution in [0, 0.1) is 0 Å². The van der Waals surface area contributed by atoms with Crippen molar-refractivity contribution >= 4 is 39.0 Å². The predicted octanol–water partition coefficient (Wildman–Crippen LogP) is 5.13. The van der Waals surface area contributed by atoms with Crippen LogP contribution in [0.2, 0.25) is 0 Å². The van der Waals surface area contributed by atoms with E-state index in [0.717, 1.165) is 5.39 Å². The first-order valence-corrected chi connectivity index (χ1v) is 13.8. The van der Waals surface area contributed by atoms with Gasteiger partial charge in [0.2, 0.25) is 0 Å². The van der Waals surface area contributed by atoms with Gasteiger partial charge in [0.25, 0.3) is 0 Å². The standard InChI is InChI=1S/C32H30O11/c1-30(2,35)25(33)15-38-29-18-7-10-32(41-24(18)14-22-20(29)9-12-37-22)42-26(31(3,4)43-32)16-39-28-17-5-6-27(34)40-23(17)13-21-19(28)8-11-36-21/h5-14,25-26,33,35H,15-16H2,1-4H3/t25-,26-,32+/m1/s1. The third-order valence-corrected chi connectivity index (χ3v) is 7.79. The summed E-state index contributed by atoms with van der Waals surface area (Å²) < 4.78 is 47.9. The van der Waals surface area contributed by atoms with E-state index < -0.39 is 35.0 Å². The van der Waals surface area contributed by atoms with Crippen LogP contribution in [0.5, 0.6) is 17.2 Å². The minimum absolute atomic E-state index is 0.0811. The molecule has 11 nitrogen and oxygen atoms in total. The summed E-state index contributed by atoms with van der Waals surface area (Å²) >= 11 is 0. The van der Waals surface area contributed by atoms with E-state index in [4.69, 9.17) is 36.9 Å². The minimum atomic E-state index is -1.56. The molecule has 3 atom stereocenters. The maximum absolute atomic E-state index is 11.8. The van der Waals surface area contributed by atoms with E-state index in [0.29, 0.717) is 50.3 Å². The highest BCUT2D eigenvalue weighted by Gasteiger charge is 2.55. The van der Waals surface area contributed by atoms with Crippen LogP contribution in [-0.4, -0.2) is 52.8 Å². The first-order chi connectivity index (χ1) is 20.4. The van der Waals surface area contributed by atoms with Crippen LogP contribution in [-0.2, 0) is 9.47 Å². The quantitative estimate of drug-likeness (QED) is 0.244. The zero-order valence-corrected chi connectivity index (χ0v) is 23.9. The predicted molar refractivity (Wildman–Crippen MR) is 154 cm³/mol. The molecule has 1 saturated heterocycles. The van der Waals surface area contributed by atoms with E-state index in [2.05, 4.69) is 0 Å². The fourth-order valence-corrected chi connectivity index (χ4v) is 5.28. The molecule has 0 bridgehead atoms. The first kappa shape index (κ1) is 27.5. The van der Waals surface area contributed by atoms with E-state index in [1.807, 2.05) is 13.8 Å². The van der Waals surface area contributed by atoms with E-state index >= 15 is 0 Å². The molecule has 2 N–H and O–H groups in total. The Kier molecular flexibility index (Phi) is 6.16. The van der Waals surface area contributed by atoms with E-state index in [9.17, 15) is 15.0 Å². The molecule has 0 unspecified atom stereocenters. The lowest BCUT2D eigenvalue weighted by atomic mass is 10.0. The van der Waals surface area contributed by atoms with Crippen molar-refractivity contribution in [2.45, 2.75) is 57.1 Å². The summed E-state index contributed by atoms with van der Waals surface area (Å²) in [5, 5.41) is 22.5. The summed E-state index contributed by atoms with van der Waals surface area (Å²) in [6.07, 6.45) is 4.79. The van der Waals surface area contributed by atoms with Gasteiger partial charge in [-0.05, 0) is 52.0 Å². The Morgan fingerprint density at radius 2 is 1.65 bits per heavy atom. The lowest BCUT2D eigenvalue weighted by Crippen LogP contribution is -2.40. The number of aliphatic hydroxyl groups is 2. The molecule has 0 saturated carbocycles. The molecule has 1 fully saturated rings. The summed E-state index contributed by atoms with van der Waals surface area (Å²) in [4.78, 5) is 11.8. The van der Waals surface area contributed by atoms with Crippen molar-refractivity contribution < 1.29 is 47.1 Å². The fourth-order valence-electron chi connectivity index (χ4n) is 5.28. The monoisotopic (exact) mass is 590 g/mol. The summed E-state index contributed by atoms with van der Waals surface area (Å²) in [6, 6.07) is 9.91. The maximum atomic E-state index is 11.8. The largest absolute Gasteiger partial charge is 0.489 e. The lowest BCUT2D eigenvalue weighted by Gasteiger charge is -2.31. The van der Waals surface area contributed by atoms with Crippen LogP contribution in [0.4, 0.5) is 0 Å². The van der Waals surface area contributed by atoms with Gasteiger partial charge in [-0.2, -0.15) is 0 Å². The molecular formula is C32H30O11. The Morgan fingerprint density at radius 1 is 0.953 bits per heavy atom. The van der Waals surface area contributed by atoms with Crippen molar-refractivity contribution in [1.29, 1.82) is 0 Å². The van der Waals surface area contributed by atoms with Crippen LogP contribution in [0.25, 0.3) is 39.0 Å². The number of rotatable bonds is 7. The second-order valence-electron chi connectivity index (χ2n) is 11.8. The van der Waals surface area contributed by atoms with E-state index in [1.54, 1.807) is 48.7 Å². The molecule has 0 aliphatic carbocycles. The Labute approximate surface area is 244 Å². The van der Waals surface area contributed by atoms with Crippen molar-refractivity contribution in [3.05, 3.63) is 71.0 Å². The topological polar surface area (TPSA) is 143 Å². The zero-order chi connectivity index (χ0) is 30.1. The summed E-state index contributed by atoms with van der Waals surface area (Å²) in [5.41, 5.74) is -0.708. The highest BCUT2D eigenvalue weighted by molar-refractivity contribution is 6.01. The van der Waals surface area contributed by atoms with Gasteiger partial charge < -0.3 is 47.1 Å². The second-order valence-corrected chi connectivity index (χ2v) is 11.8. The van der Waals surface area contributed by atoms with Crippen LogP contribution in [0.15, 0.2) is 73.0 Å². The Hall–Kier alpha value is -4.29. The molecular weight excluding hydrogens is 560 g/mol. The van der Waals surface area contributed by atoms with Crippen LogP contribution in [0.3, 0.4) is 0 Å². The Bertz CT molecular complexity index is 1940. The molecule has 3 aromatic heterocycles. The van der Waals surface area contributed by atoms with Gasteiger partial charge in [0, 0.05) is 24.3 Å². The number of aliphatic hydroxyl groups excluding tert-OH is 1. The van der Waals surface area contributed by atoms with Crippen molar-refractivity contribution in [3.63, 3.8) is 0 Å². The number of hydrogen-bond donors (Lipinski definition) is 2. The molecule has 11 heteroatoms. The van der Waals surface area contributed by atoms with Gasteiger partial charge in [0.15, 0.2) is 0 Å². The molecule has 0 radical (unpaired) electrons. The van der Waals surface area contributed by atoms with E-state index in [1.165, 1.54) is 26.2 Å². The Morgan fingerprint density at radius 3 is 2.40 bits per heavy atom. The van der Waals surface area contributed by atoms with E-state index in [-0.39, 0.29) is 13.2 Å². The van der Waals surface area contributed by atoms with Gasteiger partial charge in [-0.1, -0.05) is 0 Å². The average molecular weight is 591 g/mol. The zero-order valence-electron chi connectivity index (χ0n) is 23.9. The first-order valence-electron chi connectivity index (χ1n) is 13.8. The third kappa shape index (κ3) is 4.74. The summed E-state index contributed by atoms with van der Waals surface area (Å²) in [7, 11) is 0. The average Bonchev–Trinajstić information content (AvgIpc) is 3.65. The lowest BCUT2D eigenvalue weighted by molar-refractivity contribution is -0.271. The highest BCUT2D eigenvalue weighted by Crippen LogP contribution is 2.48. The van der Waals surface area contributed by atoms with Crippen molar-refractivity contribution in [2.75, 3.05) is 13.2 Å². The second kappa shape index (κ2) is 9.61. The molecule has 5 aromatic rings. The fraction of sp³-hybridized carbons (Fsp3) is 0.344. The number of fused-ring (bicyclic) bond motifs is 4. The molecule has 2 aliphatic rings. The number of hydrogen-bond acceptors (Lipinski definition) is 11. The number of benzene rings is 2. The van der Waals surface area contributed by atoms with Gasteiger partial charge in [0.1, 0.15) is 59.4 Å². The molecule has 2 aliphatic heterocycles. The summed E-state index contributed by atoms with van der Waals surface area (Å²) in [5.74, 6) is -0.254. The number of furan rings is 2. The van der Waals surface area contributed by atoms with Crippen molar-refractivity contribution in [3.8, 4) is 17.2 Å². The molecule has 43 heavy (non-hydrogen) atoms. The van der Waals surface area contributed by atoms with Crippen molar-refractivity contribution in [1.82, 2.24) is 0 Å². The smallest absolute Gasteiger partial charge is 0.350 e. The normalized spacial score (nSPS) is 21.9. The summed E-state index contributed by atoms with van der Waals surface area (Å²) in [6.45, 7) is 6.70. The molecule has 0 amide bonds.